The zero-order chi connectivity index (χ0) is 18.5. The highest BCUT2D eigenvalue weighted by Gasteiger charge is 2.14. The number of aromatic carboxylic acids is 1. The van der Waals surface area contributed by atoms with E-state index >= 15 is 0 Å². The van der Waals surface area contributed by atoms with Crippen LogP contribution in [0, 0.1) is 6.57 Å². The highest BCUT2D eigenvalue weighted by atomic mass is 32.2. The fraction of sp³-hybridized carbons (Fsp3) is 0.0526. The van der Waals surface area contributed by atoms with Crippen LogP contribution in [0.15, 0.2) is 64.5 Å². The van der Waals surface area contributed by atoms with Crippen molar-refractivity contribution in [1.82, 2.24) is 9.97 Å². The maximum absolute atomic E-state index is 12.2. The van der Waals surface area contributed by atoms with Crippen molar-refractivity contribution in [2.45, 2.75) is 10.9 Å². The van der Waals surface area contributed by atoms with Crippen molar-refractivity contribution in [3.8, 4) is 11.3 Å². The molecule has 0 saturated heterocycles. The first kappa shape index (κ1) is 17.5. The van der Waals surface area contributed by atoms with E-state index in [4.69, 9.17) is 11.7 Å². The number of carboxylic acid groups (broad SMARTS) is 1. The first-order valence-corrected chi connectivity index (χ1v) is 8.59. The monoisotopic (exact) mass is 363 g/mol. The molecule has 0 radical (unpaired) electrons. The standard InChI is InChI=1S/C19H13N3O3S/c1-20-16-15(13-7-3-2-4-8-13)21-19(22-17(16)23)26-11-12-6-5-9-14(10-12)18(24)25/h2-10H,11H2,(H,24,25)(H,21,22,23). The van der Waals surface area contributed by atoms with Crippen molar-refractivity contribution in [1.29, 1.82) is 0 Å². The van der Waals surface area contributed by atoms with E-state index in [0.717, 1.165) is 5.56 Å². The van der Waals surface area contributed by atoms with Gasteiger partial charge in [0.2, 0.25) is 0 Å². The molecule has 2 N–H and O–H groups in total. The van der Waals surface area contributed by atoms with Gasteiger partial charge in [-0.05, 0) is 23.3 Å². The van der Waals surface area contributed by atoms with Crippen LogP contribution in [0.5, 0.6) is 0 Å². The highest BCUT2D eigenvalue weighted by molar-refractivity contribution is 7.98. The summed E-state index contributed by atoms with van der Waals surface area (Å²) in [5, 5.41) is 9.43. The molecule has 0 aliphatic carbocycles. The molecule has 0 aliphatic heterocycles. The predicted molar refractivity (Wildman–Crippen MR) is 99.5 cm³/mol. The molecule has 6 nitrogen and oxygen atoms in total. The molecule has 0 fully saturated rings. The number of aromatic nitrogens is 2. The summed E-state index contributed by atoms with van der Waals surface area (Å²) in [4.78, 5) is 33.6. The molecule has 0 saturated carbocycles. The lowest BCUT2D eigenvalue weighted by Gasteiger charge is -2.07. The van der Waals surface area contributed by atoms with E-state index < -0.39 is 11.5 Å². The number of carbonyl (C=O) groups is 1. The molecule has 26 heavy (non-hydrogen) atoms. The number of nitrogens with zero attached hydrogens (tertiary/aromatic N) is 2. The largest absolute Gasteiger partial charge is 0.478 e. The summed E-state index contributed by atoms with van der Waals surface area (Å²) < 4.78 is 0. The topological polar surface area (TPSA) is 87.4 Å². The van der Waals surface area contributed by atoms with E-state index in [1.807, 2.05) is 24.3 Å². The Bertz CT molecular complexity index is 1060. The van der Waals surface area contributed by atoms with Crippen molar-refractivity contribution in [2.75, 3.05) is 0 Å². The molecule has 2 aromatic carbocycles. The molecule has 0 aliphatic rings. The van der Waals surface area contributed by atoms with Crippen LogP contribution in [0.1, 0.15) is 15.9 Å². The van der Waals surface area contributed by atoms with Gasteiger partial charge in [0.15, 0.2) is 5.16 Å². The van der Waals surface area contributed by atoms with Gasteiger partial charge in [0.25, 0.3) is 11.2 Å². The summed E-state index contributed by atoms with van der Waals surface area (Å²) in [6.45, 7) is 7.25. The third-order valence-corrected chi connectivity index (χ3v) is 4.53. The fourth-order valence-corrected chi connectivity index (χ4v) is 3.17. The summed E-state index contributed by atoms with van der Waals surface area (Å²) in [6.07, 6.45) is 0. The van der Waals surface area contributed by atoms with Crippen LogP contribution < -0.4 is 5.56 Å². The third-order valence-electron chi connectivity index (χ3n) is 3.58. The molecule has 1 aromatic heterocycles. The number of rotatable bonds is 5. The van der Waals surface area contributed by atoms with E-state index in [0.29, 0.717) is 22.2 Å². The van der Waals surface area contributed by atoms with Crippen molar-refractivity contribution < 1.29 is 9.90 Å². The van der Waals surface area contributed by atoms with Gasteiger partial charge in [-0.15, -0.1) is 0 Å². The summed E-state index contributed by atoms with van der Waals surface area (Å²) in [5.74, 6) is -0.550. The minimum atomic E-state index is -0.990. The Morgan fingerprint density at radius 2 is 1.96 bits per heavy atom. The Kier molecular flexibility index (Phi) is 5.15. The summed E-state index contributed by atoms with van der Waals surface area (Å²) in [7, 11) is 0. The van der Waals surface area contributed by atoms with Gasteiger partial charge in [-0.3, -0.25) is 4.79 Å². The minimum absolute atomic E-state index is 0.0478. The maximum Gasteiger partial charge on any atom is 0.335 e. The molecule has 0 amide bonds. The Morgan fingerprint density at radius 1 is 1.19 bits per heavy atom. The van der Waals surface area contributed by atoms with E-state index in [2.05, 4.69) is 14.8 Å². The molecular weight excluding hydrogens is 350 g/mol. The summed E-state index contributed by atoms with van der Waals surface area (Å²) in [5.41, 5.74) is 1.50. The predicted octanol–water partition coefficient (Wildman–Crippen LogP) is 3.98. The van der Waals surface area contributed by atoms with Crippen LogP contribution >= 0.6 is 11.8 Å². The average molecular weight is 363 g/mol. The van der Waals surface area contributed by atoms with Gasteiger partial charge in [-0.1, -0.05) is 54.2 Å². The molecule has 1 heterocycles. The molecule has 7 heteroatoms. The van der Waals surface area contributed by atoms with Crippen LogP contribution in [0.3, 0.4) is 0 Å². The first-order valence-electron chi connectivity index (χ1n) is 7.60. The van der Waals surface area contributed by atoms with E-state index in [9.17, 15) is 9.59 Å². The number of nitrogens with one attached hydrogen (secondary N) is 1. The Balaban J connectivity index is 1.91. The van der Waals surface area contributed by atoms with Crippen molar-refractivity contribution in [2.24, 2.45) is 0 Å². The number of hydrogen-bond acceptors (Lipinski definition) is 4. The first-order chi connectivity index (χ1) is 12.6. The Morgan fingerprint density at radius 3 is 2.65 bits per heavy atom. The zero-order valence-electron chi connectivity index (χ0n) is 13.5. The number of thioether (sulfide) groups is 1. The Hall–Kier alpha value is -3.37. The van der Waals surface area contributed by atoms with Crippen LogP contribution in [0.4, 0.5) is 5.69 Å². The van der Waals surface area contributed by atoms with Crippen LogP contribution in [-0.4, -0.2) is 21.0 Å². The number of aromatic amines is 1. The van der Waals surface area contributed by atoms with E-state index in [1.165, 1.54) is 17.8 Å². The number of H-pyrrole nitrogens is 1. The SMILES string of the molecule is [C-]#[N+]c1c(-c2ccccc2)nc(SCc2cccc(C(=O)O)c2)[nH]c1=O. The summed E-state index contributed by atoms with van der Waals surface area (Å²) in [6, 6.07) is 15.7. The fourth-order valence-electron chi connectivity index (χ4n) is 2.36. The van der Waals surface area contributed by atoms with E-state index in [1.54, 1.807) is 24.3 Å². The average Bonchev–Trinajstić information content (AvgIpc) is 2.67. The minimum Gasteiger partial charge on any atom is -0.478 e. The lowest BCUT2D eigenvalue weighted by Crippen LogP contribution is -2.09. The number of benzene rings is 2. The van der Waals surface area contributed by atoms with Gasteiger partial charge in [-0.2, -0.15) is 0 Å². The molecule has 0 spiro atoms. The van der Waals surface area contributed by atoms with Crippen molar-refractivity contribution in [3.05, 3.63) is 87.5 Å². The lowest BCUT2D eigenvalue weighted by molar-refractivity contribution is 0.0697. The molecule has 0 bridgehead atoms. The van der Waals surface area contributed by atoms with Gasteiger partial charge in [-0.25, -0.2) is 14.6 Å². The highest BCUT2D eigenvalue weighted by Crippen LogP contribution is 2.28. The van der Waals surface area contributed by atoms with Gasteiger partial charge in [0.05, 0.1) is 17.8 Å². The molecule has 3 aromatic rings. The van der Waals surface area contributed by atoms with Gasteiger partial charge < -0.3 is 10.1 Å². The zero-order valence-corrected chi connectivity index (χ0v) is 14.3. The normalized spacial score (nSPS) is 10.3. The van der Waals surface area contributed by atoms with E-state index in [-0.39, 0.29) is 11.3 Å². The third kappa shape index (κ3) is 3.82. The van der Waals surface area contributed by atoms with Gasteiger partial charge in [0.1, 0.15) is 0 Å². The second-order valence-corrected chi connectivity index (χ2v) is 6.30. The second kappa shape index (κ2) is 7.68. The molecule has 3 rings (SSSR count). The van der Waals surface area contributed by atoms with Crippen molar-refractivity contribution >= 4 is 23.4 Å². The molecule has 0 unspecified atom stereocenters. The number of carboxylic acids is 1. The van der Waals surface area contributed by atoms with Crippen LogP contribution in [0.2, 0.25) is 0 Å². The number of hydrogen-bond donors (Lipinski definition) is 2. The molecular formula is C19H13N3O3S. The smallest absolute Gasteiger partial charge is 0.335 e. The Labute approximate surface area is 153 Å². The quantitative estimate of drug-likeness (QED) is 0.407. The maximum atomic E-state index is 12.2. The molecule has 128 valence electrons. The molecule has 0 atom stereocenters. The lowest BCUT2D eigenvalue weighted by atomic mass is 10.1. The van der Waals surface area contributed by atoms with Gasteiger partial charge >= 0.3 is 5.97 Å². The summed E-state index contributed by atoms with van der Waals surface area (Å²) >= 11 is 1.27. The van der Waals surface area contributed by atoms with Crippen LogP contribution in [0.25, 0.3) is 16.1 Å². The van der Waals surface area contributed by atoms with Crippen LogP contribution in [-0.2, 0) is 5.75 Å². The second-order valence-electron chi connectivity index (χ2n) is 5.34. The van der Waals surface area contributed by atoms with Gasteiger partial charge in [0, 0.05) is 5.75 Å². The van der Waals surface area contributed by atoms with Crippen molar-refractivity contribution in [3.63, 3.8) is 0 Å².